The molecule has 0 aliphatic heterocycles. The van der Waals surface area contributed by atoms with Crippen molar-refractivity contribution in [1.29, 1.82) is 0 Å². The van der Waals surface area contributed by atoms with Crippen LogP contribution < -0.4 is 20.7 Å². The molecule has 1 aromatic carbocycles. The summed E-state index contributed by atoms with van der Waals surface area (Å²) < 4.78 is 42.4. The van der Waals surface area contributed by atoms with Crippen LogP contribution >= 0.6 is 35.3 Å². The minimum atomic E-state index is -4.41. The van der Waals surface area contributed by atoms with Crippen LogP contribution in [0.2, 0.25) is 0 Å². The maximum absolute atomic E-state index is 12.5. The molecule has 2 rings (SSSR count). The van der Waals surface area contributed by atoms with E-state index in [1.807, 2.05) is 0 Å². The highest BCUT2D eigenvalue weighted by atomic mass is 127. The van der Waals surface area contributed by atoms with Crippen LogP contribution in [0.5, 0.6) is 5.75 Å². The van der Waals surface area contributed by atoms with Crippen LogP contribution in [0.3, 0.4) is 0 Å². The Bertz CT molecular complexity index is 890. The van der Waals surface area contributed by atoms with Gasteiger partial charge in [-0.2, -0.15) is 13.2 Å². The normalized spacial score (nSPS) is 11.5. The van der Waals surface area contributed by atoms with Crippen LogP contribution in [0.25, 0.3) is 0 Å². The van der Waals surface area contributed by atoms with Gasteiger partial charge in [-0.15, -0.1) is 35.3 Å². The maximum Gasteiger partial charge on any atom is 0.422 e. The molecule has 0 aliphatic rings. The highest BCUT2D eigenvalue weighted by molar-refractivity contribution is 14.0. The zero-order valence-corrected chi connectivity index (χ0v) is 20.4. The van der Waals surface area contributed by atoms with Gasteiger partial charge >= 0.3 is 6.18 Å². The molecule has 0 radical (unpaired) electrons. The van der Waals surface area contributed by atoms with Gasteiger partial charge in [0.25, 0.3) is 5.91 Å². The lowest BCUT2D eigenvalue weighted by atomic mass is 10.1. The topological polar surface area (TPSA) is 87.6 Å². The molecule has 0 spiro atoms. The van der Waals surface area contributed by atoms with Gasteiger partial charge in [0.2, 0.25) is 0 Å². The second kappa shape index (κ2) is 12.7. The molecule has 31 heavy (non-hydrogen) atoms. The zero-order valence-electron chi connectivity index (χ0n) is 17.3. The fraction of sp³-hybridized carbons (Fsp3) is 0.421. The molecule has 0 atom stereocenters. The van der Waals surface area contributed by atoms with Crippen LogP contribution in [-0.2, 0) is 6.54 Å². The van der Waals surface area contributed by atoms with E-state index >= 15 is 0 Å². The molecule has 0 bridgehead atoms. The number of rotatable bonds is 8. The number of aliphatic imine (C=N–C) groups is 1. The van der Waals surface area contributed by atoms with Crippen LogP contribution in [0, 0.1) is 13.8 Å². The average molecular weight is 571 g/mol. The number of guanidine groups is 1. The van der Waals surface area contributed by atoms with Gasteiger partial charge in [-0.25, -0.2) is 4.98 Å². The molecule has 1 amide bonds. The minimum absolute atomic E-state index is 0. The third-order valence-electron chi connectivity index (χ3n) is 3.94. The number of amides is 1. The minimum Gasteiger partial charge on any atom is -0.484 e. The summed E-state index contributed by atoms with van der Waals surface area (Å²) in [6.45, 7) is 3.19. The predicted molar refractivity (Wildman–Crippen MR) is 126 cm³/mol. The van der Waals surface area contributed by atoms with Crippen LogP contribution in [0.1, 0.15) is 26.5 Å². The molecule has 172 valence electrons. The summed E-state index contributed by atoms with van der Waals surface area (Å²) in [4.78, 5) is 20.7. The molecule has 1 aromatic heterocycles. The second-order valence-corrected chi connectivity index (χ2v) is 7.25. The number of benzene rings is 1. The van der Waals surface area contributed by atoms with Crippen molar-refractivity contribution in [3.63, 3.8) is 0 Å². The summed E-state index contributed by atoms with van der Waals surface area (Å²) in [5, 5.41) is 8.84. The second-order valence-electron chi connectivity index (χ2n) is 6.39. The number of alkyl halides is 3. The Morgan fingerprint density at radius 2 is 1.90 bits per heavy atom. The quantitative estimate of drug-likeness (QED) is 0.196. The van der Waals surface area contributed by atoms with Crippen molar-refractivity contribution in [2.45, 2.75) is 26.6 Å². The molecule has 7 nitrogen and oxygen atoms in total. The number of aryl methyl sites for hydroxylation is 2. The number of nitrogens with one attached hydrogen (secondary N) is 3. The number of hydrogen-bond donors (Lipinski definition) is 3. The largest absolute Gasteiger partial charge is 0.484 e. The summed E-state index contributed by atoms with van der Waals surface area (Å²) in [5.41, 5.74) is 3.67. The molecule has 2 aromatic rings. The number of halogens is 4. The highest BCUT2D eigenvalue weighted by Gasteiger charge is 2.28. The van der Waals surface area contributed by atoms with Gasteiger partial charge in [0.05, 0.1) is 11.2 Å². The zero-order chi connectivity index (χ0) is 22.1. The standard InChI is InChI=1S/C19H24F3N5O2S.HI/c1-12-4-5-14(15(8-12)29-10-19(20,21)22)9-26-18(23-3)25-7-6-24-17(28)16-13(2)27-11-30-16;/h4-5,8,11H,6-7,9-10H2,1-3H3,(H,24,28)(H2,23,25,26);1H. The number of ether oxygens (including phenoxy) is 1. The number of aromatic nitrogens is 1. The van der Waals surface area contributed by atoms with E-state index in [1.165, 1.54) is 11.3 Å². The van der Waals surface area contributed by atoms with Gasteiger partial charge in [0.1, 0.15) is 10.6 Å². The van der Waals surface area contributed by atoms with Crippen LogP contribution in [0.4, 0.5) is 13.2 Å². The van der Waals surface area contributed by atoms with Gasteiger partial charge in [0.15, 0.2) is 12.6 Å². The third kappa shape index (κ3) is 9.29. The first kappa shape index (κ1) is 26.9. The fourth-order valence-electron chi connectivity index (χ4n) is 2.46. The van der Waals surface area contributed by atoms with Crippen LogP contribution in [-0.4, -0.2) is 49.8 Å². The van der Waals surface area contributed by atoms with E-state index in [4.69, 9.17) is 4.74 Å². The summed E-state index contributed by atoms with van der Waals surface area (Å²) in [6, 6.07) is 5.07. The molecular formula is C19H25F3IN5O2S. The monoisotopic (exact) mass is 571 g/mol. The van der Waals surface area contributed by atoms with E-state index in [1.54, 1.807) is 44.6 Å². The van der Waals surface area contributed by atoms with E-state index in [2.05, 4.69) is 25.9 Å². The van der Waals surface area contributed by atoms with Crippen molar-refractivity contribution in [3.05, 3.63) is 45.4 Å². The fourth-order valence-corrected chi connectivity index (χ4v) is 3.18. The Kier molecular flexibility index (Phi) is 11.0. The first-order valence-corrected chi connectivity index (χ1v) is 9.99. The van der Waals surface area contributed by atoms with E-state index in [-0.39, 0.29) is 42.2 Å². The van der Waals surface area contributed by atoms with E-state index in [9.17, 15) is 18.0 Å². The summed E-state index contributed by atoms with van der Waals surface area (Å²) in [6.07, 6.45) is -4.41. The average Bonchev–Trinajstić information content (AvgIpc) is 3.12. The molecule has 0 aliphatic carbocycles. The van der Waals surface area contributed by atoms with Crippen molar-refractivity contribution in [2.75, 3.05) is 26.7 Å². The molecule has 12 heteroatoms. The van der Waals surface area contributed by atoms with Gasteiger partial charge in [-0.3, -0.25) is 9.79 Å². The maximum atomic E-state index is 12.5. The lowest BCUT2D eigenvalue weighted by Gasteiger charge is -2.16. The van der Waals surface area contributed by atoms with Crippen molar-refractivity contribution in [3.8, 4) is 5.75 Å². The molecule has 0 fully saturated rings. The molecular weight excluding hydrogens is 546 g/mol. The van der Waals surface area contributed by atoms with Gasteiger partial charge in [-0.05, 0) is 25.5 Å². The Hall–Kier alpha value is -2.09. The number of hydrogen-bond acceptors (Lipinski definition) is 5. The number of thiazole rings is 1. The summed E-state index contributed by atoms with van der Waals surface area (Å²) in [5.74, 6) is 0.425. The van der Waals surface area contributed by atoms with E-state index in [0.717, 1.165) is 5.56 Å². The number of carbonyl (C=O) groups is 1. The lowest BCUT2D eigenvalue weighted by molar-refractivity contribution is -0.153. The summed E-state index contributed by atoms with van der Waals surface area (Å²) in [7, 11) is 1.57. The van der Waals surface area contributed by atoms with E-state index < -0.39 is 12.8 Å². The molecule has 1 heterocycles. The van der Waals surface area contributed by atoms with Gasteiger partial charge in [-0.1, -0.05) is 12.1 Å². The molecule has 0 unspecified atom stereocenters. The van der Waals surface area contributed by atoms with Crippen molar-refractivity contribution >= 4 is 47.2 Å². The van der Waals surface area contributed by atoms with Crippen LogP contribution in [0.15, 0.2) is 28.7 Å². The van der Waals surface area contributed by atoms with Gasteiger partial charge < -0.3 is 20.7 Å². The predicted octanol–water partition coefficient (Wildman–Crippen LogP) is 3.41. The SMILES string of the molecule is CN=C(NCCNC(=O)c1scnc1C)NCc1ccc(C)cc1OCC(F)(F)F.I. The Morgan fingerprint density at radius 3 is 2.52 bits per heavy atom. The first-order valence-electron chi connectivity index (χ1n) is 9.11. The first-order chi connectivity index (χ1) is 14.2. The van der Waals surface area contributed by atoms with Crippen molar-refractivity contribution in [1.82, 2.24) is 20.9 Å². The van der Waals surface area contributed by atoms with Crippen molar-refractivity contribution < 1.29 is 22.7 Å². The number of nitrogens with zero attached hydrogens (tertiary/aromatic N) is 2. The molecule has 0 saturated carbocycles. The highest BCUT2D eigenvalue weighted by Crippen LogP contribution is 2.23. The smallest absolute Gasteiger partial charge is 0.422 e. The lowest BCUT2D eigenvalue weighted by Crippen LogP contribution is -2.41. The Labute approximate surface area is 199 Å². The van der Waals surface area contributed by atoms with Gasteiger partial charge in [0, 0.05) is 32.2 Å². The third-order valence-corrected chi connectivity index (χ3v) is 4.87. The Balaban J connectivity index is 0.00000480. The number of carbonyl (C=O) groups excluding carboxylic acids is 1. The van der Waals surface area contributed by atoms with E-state index in [0.29, 0.717) is 35.2 Å². The Morgan fingerprint density at radius 1 is 1.19 bits per heavy atom. The van der Waals surface area contributed by atoms with Crippen molar-refractivity contribution in [2.24, 2.45) is 4.99 Å². The molecule has 0 saturated heterocycles. The molecule has 3 N–H and O–H groups in total. The summed E-state index contributed by atoms with van der Waals surface area (Å²) >= 11 is 1.28.